The Labute approximate surface area is 116 Å². The summed E-state index contributed by atoms with van der Waals surface area (Å²) in [5.74, 6) is -0.0673. The van der Waals surface area contributed by atoms with Crippen LogP contribution in [0.1, 0.15) is 18.4 Å². The summed E-state index contributed by atoms with van der Waals surface area (Å²) in [4.78, 5) is 23.1. The summed E-state index contributed by atoms with van der Waals surface area (Å²) in [6, 6.07) is 6.43. The van der Waals surface area contributed by atoms with Gasteiger partial charge < -0.3 is 5.11 Å². The van der Waals surface area contributed by atoms with E-state index < -0.39 is 17.2 Å². The predicted molar refractivity (Wildman–Crippen MR) is 74.0 cm³/mol. The molecule has 3 nitrogen and oxygen atoms in total. The van der Waals surface area contributed by atoms with Gasteiger partial charge in [0, 0.05) is 11.4 Å². The summed E-state index contributed by atoms with van der Waals surface area (Å²) >= 11 is 5.80. The molecule has 1 aromatic rings. The minimum atomic E-state index is -1.51. The summed E-state index contributed by atoms with van der Waals surface area (Å²) in [7, 11) is 0. The number of carbonyl (C=O) groups excluding carboxylic acids is 1. The van der Waals surface area contributed by atoms with Gasteiger partial charge >= 0.3 is 5.97 Å². The number of carbonyl (C=O) groups is 2. The lowest BCUT2D eigenvalue weighted by Gasteiger charge is -2.28. The van der Waals surface area contributed by atoms with Crippen molar-refractivity contribution in [2.75, 3.05) is 0 Å². The fraction of sp³-hybridized carbons (Fsp3) is 0.200. The van der Waals surface area contributed by atoms with Gasteiger partial charge in [-0.2, -0.15) is 0 Å². The van der Waals surface area contributed by atoms with Crippen LogP contribution in [-0.4, -0.2) is 16.9 Å². The third-order valence-electron chi connectivity index (χ3n) is 2.92. The number of aliphatic carboxylic acids is 1. The van der Waals surface area contributed by atoms with E-state index in [1.165, 1.54) is 6.08 Å². The number of allylic oxidation sites excluding steroid dienone is 1. The number of rotatable bonds is 6. The van der Waals surface area contributed by atoms with E-state index in [0.29, 0.717) is 10.6 Å². The summed E-state index contributed by atoms with van der Waals surface area (Å²) < 4.78 is 0. The summed E-state index contributed by atoms with van der Waals surface area (Å²) in [6.07, 6.45) is 6.94. The number of benzene rings is 1. The Morgan fingerprint density at radius 1 is 1.42 bits per heavy atom. The van der Waals surface area contributed by atoms with Gasteiger partial charge in [0.2, 0.25) is 0 Å². The maximum absolute atomic E-state index is 12.1. The molecule has 0 fully saturated rings. The third-order valence-corrected chi connectivity index (χ3v) is 3.17. The van der Waals surface area contributed by atoms with Crippen molar-refractivity contribution in [1.29, 1.82) is 0 Å². The second-order valence-corrected chi connectivity index (χ2v) is 4.53. The highest BCUT2D eigenvalue weighted by Crippen LogP contribution is 2.34. The van der Waals surface area contributed by atoms with Crippen molar-refractivity contribution in [3.05, 3.63) is 47.5 Å². The molecule has 0 heterocycles. The molecule has 1 atom stereocenters. The Bertz CT molecular complexity index is 540. The molecule has 1 rings (SSSR count). The van der Waals surface area contributed by atoms with E-state index in [4.69, 9.17) is 23.1 Å². The summed E-state index contributed by atoms with van der Waals surface area (Å²) in [5, 5.41) is 9.51. The summed E-state index contributed by atoms with van der Waals surface area (Å²) in [6.45, 7) is 3.57. The Kier molecular flexibility index (Phi) is 4.91. The van der Waals surface area contributed by atoms with Gasteiger partial charge in [-0.05, 0) is 24.1 Å². The molecule has 1 aromatic carbocycles. The molecule has 4 heteroatoms. The van der Waals surface area contributed by atoms with E-state index in [-0.39, 0.29) is 12.8 Å². The van der Waals surface area contributed by atoms with Crippen molar-refractivity contribution in [3.8, 4) is 12.3 Å². The highest BCUT2D eigenvalue weighted by atomic mass is 35.5. The number of carboxylic acids is 1. The number of carboxylic acid groups (broad SMARTS) is 1. The van der Waals surface area contributed by atoms with Crippen LogP contribution in [0, 0.1) is 12.3 Å². The molecule has 98 valence electrons. The fourth-order valence-electron chi connectivity index (χ4n) is 1.99. The monoisotopic (exact) mass is 276 g/mol. The molecule has 0 aliphatic heterocycles. The number of halogens is 1. The second-order valence-electron chi connectivity index (χ2n) is 4.10. The Balaban J connectivity index is 3.42. The molecule has 0 radical (unpaired) electrons. The Morgan fingerprint density at radius 2 is 2.00 bits per heavy atom. The third kappa shape index (κ3) is 3.04. The van der Waals surface area contributed by atoms with Gasteiger partial charge in [0.1, 0.15) is 0 Å². The van der Waals surface area contributed by atoms with Crippen molar-refractivity contribution in [3.63, 3.8) is 0 Å². The van der Waals surface area contributed by atoms with Crippen LogP contribution in [0.15, 0.2) is 36.9 Å². The van der Waals surface area contributed by atoms with Crippen LogP contribution in [0.25, 0.3) is 0 Å². The van der Waals surface area contributed by atoms with Gasteiger partial charge in [-0.3, -0.25) is 4.79 Å². The molecule has 0 amide bonds. The van der Waals surface area contributed by atoms with Crippen LogP contribution in [0.4, 0.5) is 0 Å². The van der Waals surface area contributed by atoms with E-state index in [2.05, 4.69) is 12.5 Å². The fourth-order valence-corrected chi connectivity index (χ4v) is 2.12. The van der Waals surface area contributed by atoms with E-state index in [1.54, 1.807) is 24.3 Å². The van der Waals surface area contributed by atoms with Crippen LogP contribution < -0.4 is 0 Å². The topological polar surface area (TPSA) is 54.4 Å². The molecular weight excluding hydrogens is 264 g/mol. The molecule has 0 aromatic heterocycles. The molecule has 0 saturated carbocycles. The number of terminal acetylenes is 1. The quantitative estimate of drug-likeness (QED) is 0.494. The van der Waals surface area contributed by atoms with Crippen LogP contribution in [0.2, 0.25) is 5.02 Å². The Hall–Kier alpha value is -2.05. The Morgan fingerprint density at radius 3 is 2.42 bits per heavy atom. The molecule has 0 spiro atoms. The van der Waals surface area contributed by atoms with Crippen LogP contribution in [0.5, 0.6) is 0 Å². The average molecular weight is 277 g/mol. The first kappa shape index (κ1) is 15.0. The normalized spacial score (nSPS) is 13.1. The standard InChI is InChI=1S/C15H13ClO3/c1-3-9-15(10-4-2,13(17)14(18)19)11-5-7-12(16)8-6-11/h1,4-8H,2,9-10H2,(H,18,19). The van der Waals surface area contributed by atoms with Gasteiger partial charge in [-0.1, -0.05) is 29.8 Å². The predicted octanol–water partition coefficient (Wildman–Crippen LogP) is 2.83. The molecule has 0 aliphatic rings. The molecule has 19 heavy (non-hydrogen) atoms. The molecule has 1 unspecified atom stereocenters. The average Bonchev–Trinajstić information content (AvgIpc) is 2.38. The first-order valence-electron chi connectivity index (χ1n) is 5.56. The molecule has 1 N–H and O–H groups in total. The van der Waals surface area contributed by atoms with Crippen LogP contribution in [-0.2, 0) is 15.0 Å². The number of Topliss-reactive ketones (excluding diaryl/α,β-unsaturated/α-hetero) is 1. The minimum absolute atomic E-state index is 0.00815. The molecular formula is C15H13ClO3. The number of hydrogen-bond donors (Lipinski definition) is 1. The zero-order valence-corrected chi connectivity index (χ0v) is 11.0. The smallest absolute Gasteiger partial charge is 0.373 e. The van der Waals surface area contributed by atoms with Crippen molar-refractivity contribution in [2.24, 2.45) is 0 Å². The molecule has 0 bridgehead atoms. The highest BCUT2D eigenvalue weighted by molar-refractivity contribution is 6.36. The SMILES string of the molecule is C#CCC(CC=C)(C(=O)C(=O)O)c1ccc(Cl)cc1. The van der Waals surface area contributed by atoms with Gasteiger partial charge in [0.05, 0.1) is 5.41 Å². The number of hydrogen-bond acceptors (Lipinski definition) is 2. The van der Waals surface area contributed by atoms with Crippen LogP contribution in [0.3, 0.4) is 0 Å². The maximum atomic E-state index is 12.1. The lowest BCUT2D eigenvalue weighted by atomic mass is 9.71. The van der Waals surface area contributed by atoms with Gasteiger partial charge in [-0.25, -0.2) is 4.79 Å². The van der Waals surface area contributed by atoms with E-state index in [9.17, 15) is 9.59 Å². The van der Waals surface area contributed by atoms with Gasteiger partial charge in [0.25, 0.3) is 5.78 Å². The largest absolute Gasteiger partial charge is 0.475 e. The van der Waals surface area contributed by atoms with E-state index in [0.717, 1.165) is 0 Å². The zero-order chi connectivity index (χ0) is 14.5. The van der Waals surface area contributed by atoms with Crippen molar-refractivity contribution in [1.82, 2.24) is 0 Å². The minimum Gasteiger partial charge on any atom is -0.475 e. The molecule has 0 saturated heterocycles. The van der Waals surface area contributed by atoms with Crippen molar-refractivity contribution < 1.29 is 14.7 Å². The lowest BCUT2D eigenvalue weighted by molar-refractivity contribution is -0.151. The van der Waals surface area contributed by atoms with E-state index >= 15 is 0 Å². The first-order valence-corrected chi connectivity index (χ1v) is 5.94. The molecule has 0 aliphatic carbocycles. The first-order chi connectivity index (χ1) is 8.97. The second kappa shape index (κ2) is 6.21. The van der Waals surface area contributed by atoms with E-state index in [1.807, 2.05) is 0 Å². The maximum Gasteiger partial charge on any atom is 0.373 e. The van der Waals surface area contributed by atoms with Crippen LogP contribution >= 0.6 is 11.6 Å². The zero-order valence-electron chi connectivity index (χ0n) is 10.2. The number of ketones is 1. The summed E-state index contributed by atoms with van der Waals surface area (Å²) in [5.41, 5.74) is -0.755. The highest BCUT2D eigenvalue weighted by Gasteiger charge is 2.42. The van der Waals surface area contributed by atoms with Crippen molar-refractivity contribution in [2.45, 2.75) is 18.3 Å². The van der Waals surface area contributed by atoms with Gasteiger partial charge in [-0.15, -0.1) is 18.9 Å². The lowest BCUT2D eigenvalue weighted by Crippen LogP contribution is -2.40. The van der Waals surface area contributed by atoms with Crippen molar-refractivity contribution >= 4 is 23.4 Å². The van der Waals surface area contributed by atoms with Gasteiger partial charge in [0.15, 0.2) is 0 Å².